The molecule has 290 valence electrons. The molecule has 0 atom stereocenters. The molecule has 0 spiro atoms. The van der Waals surface area contributed by atoms with Gasteiger partial charge >= 0.3 is 0 Å². The summed E-state index contributed by atoms with van der Waals surface area (Å²) in [4.78, 5) is 28.9. The van der Waals surface area contributed by atoms with Crippen LogP contribution in [0, 0.1) is 0 Å². The monoisotopic (exact) mass is 790 g/mol. The molecule has 0 saturated heterocycles. The summed E-state index contributed by atoms with van der Waals surface area (Å²) in [5, 5.41) is 14.6. The van der Waals surface area contributed by atoms with Gasteiger partial charge < -0.3 is 9.84 Å². The maximum Gasteiger partial charge on any atom is 0.147 e. The molecule has 6 aromatic heterocycles. The Morgan fingerprint density at radius 1 is 0.393 bits per heavy atom. The summed E-state index contributed by atoms with van der Waals surface area (Å²) in [6, 6.07) is 55.9. The smallest absolute Gasteiger partial charge is 0.147 e. The first-order valence-electron chi connectivity index (χ1n) is 19.8. The number of ether oxygens (including phenoxy) is 1. The molecular formula is C51H34N8O2. The average Bonchev–Trinajstić information content (AvgIpc) is 3.93. The van der Waals surface area contributed by atoms with Crippen molar-refractivity contribution < 1.29 is 9.84 Å². The van der Waals surface area contributed by atoms with E-state index in [1.807, 2.05) is 120 Å². The molecule has 0 unspecified atom stereocenters. The predicted molar refractivity (Wildman–Crippen MR) is 242 cm³/mol. The molecule has 6 aromatic carbocycles. The van der Waals surface area contributed by atoms with Crippen molar-refractivity contribution in [3.63, 3.8) is 0 Å². The number of benzene rings is 6. The average molecular weight is 791 g/mol. The zero-order valence-corrected chi connectivity index (χ0v) is 32.8. The van der Waals surface area contributed by atoms with E-state index in [1.54, 1.807) is 19.4 Å². The fraction of sp³-hybridized carbons (Fsp3) is 0.0196. The first-order chi connectivity index (χ1) is 30.1. The van der Waals surface area contributed by atoms with Crippen LogP contribution in [-0.4, -0.2) is 51.3 Å². The molecule has 12 aromatic rings. The molecule has 0 aliphatic carbocycles. The van der Waals surface area contributed by atoms with Gasteiger partial charge in [-0.15, -0.1) is 0 Å². The van der Waals surface area contributed by atoms with E-state index in [4.69, 9.17) is 24.7 Å². The third kappa shape index (κ3) is 6.13. The van der Waals surface area contributed by atoms with Crippen LogP contribution in [0.2, 0.25) is 0 Å². The van der Waals surface area contributed by atoms with Crippen LogP contribution in [0.25, 0.3) is 100 Å². The third-order valence-corrected chi connectivity index (χ3v) is 10.9. The first kappa shape index (κ1) is 35.6. The Bertz CT molecular complexity index is 3600. The van der Waals surface area contributed by atoms with Crippen molar-refractivity contribution in [3.05, 3.63) is 182 Å². The maximum atomic E-state index is 10.4. The predicted octanol–water partition coefficient (Wildman–Crippen LogP) is 11.3. The normalized spacial score (nSPS) is 11.4. The number of aromatic nitrogens is 8. The van der Waals surface area contributed by atoms with E-state index in [1.165, 1.54) is 0 Å². The number of pyridine rings is 4. The van der Waals surface area contributed by atoms with Crippen LogP contribution in [-0.2, 0) is 0 Å². The number of imidazole rings is 2. The van der Waals surface area contributed by atoms with E-state index in [0.29, 0.717) is 5.52 Å². The minimum absolute atomic E-state index is 0.149. The van der Waals surface area contributed by atoms with Crippen LogP contribution in [0.5, 0.6) is 11.5 Å². The van der Waals surface area contributed by atoms with E-state index in [2.05, 4.69) is 69.1 Å². The van der Waals surface area contributed by atoms with Gasteiger partial charge in [0.1, 0.15) is 45.8 Å². The van der Waals surface area contributed by atoms with Gasteiger partial charge in [0.15, 0.2) is 0 Å². The molecular weight excluding hydrogens is 757 g/mol. The molecule has 12 rings (SSSR count). The molecule has 0 radical (unpaired) electrons. The van der Waals surface area contributed by atoms with Crippen molar-refractivity contribution in [2.45, 2.75) is 0 Å². The fourth-order valence-corrected chi connectivity index (χ4v) is 8.02. The quantitative estimate of drug-likeness (QED) is 0.171. The third-order valence-electron chi connectivity index (χ3n) is 10.9. The van der Waals surface area contributed by atoms with Gasteiger partial charge in [0.2, 0.25) is 0 Å². The lowest BCUT2D eigenvalue weighted by Crippen LogP contribution is -2.01. The number of hydrogen-bond donors (Lipinski definition) is 1. The van der Waals surface area contributed by atoms with Gasteiger partial charge in [-0.2, -0.15) is 0 Å². The fourth-order valence-electron chi connectivity index (χ4n) is 8.02. The zero-order chi connectivity index (χ0) is 40.9. The number of hydrogen-bond acceptors (Lipinski definition) is 8. The molecule has 1 N–H and O–H groups in total. The Hall–Kier alpha value is -8.50. The molecule has 0 aliphatic heterocycles. The van der Waals surface area contributed by atoms with Crippen molar-refractivity contribution in [1.82, 2.24) is 39.0 Å². The molecule has 6 heterocycles. The van der Waals surface area contributed by atoms with Crippen LogP contribution >= 0.6 is 0 Å². The Balaban J connectivity index is 0.000000138. The van der Waals surface area contributed by atoms with Crippen molar-refractivity contribution in [2.75, 3.05) is 7.11 Å². The lowest BCUT2D eigenvalue weighted by Gasteiger charge is -2.11. The molecule has 0 amide bonds. The second kappa shape index (κ2) is 14.7. The van der Waals surface area contributed by atoms with E-state index in [-0.39, 0.29) is 5.75 Å². The molecule has 10 heteroatoms. The second-order valence-electron chi connectivity index (χ2n) is 14.5. The van der Waals surface area contributed by atoms with E-state index in [9.17, 15) is 5.11 Å². The Kier molecular flexibility index (Phi) is 8.59. The number of phenols is 1. The number of phenolic OH excluding ortho intramolecular Hbond substituents is 1. The Morgan fingerprint density at radius 2 is 0.852 bits per heavy atom. The summed E-state index contributed by atoms with van der Waals surface area (Å²) in [7, 11) is 1.67. The van der Waals surface area contributed by atoms with E-state index < -0.39 is 0 Å². The summed E-state index contributed by atoms with van der Waals surface area (Å²) in [6.07, 6.45) is 3.60. The van der Waals surface area contributed by atoms with Crippen LogP contribution in [0.15, 0.2) is 182 Å². The first-order valence-corrected chi connectivity index (χ1v) is 19.8. The largest absolute Gasteiger partial charge is 0.506 e. The van der Waals surface area contributed by atoms with Crippen molar-refractivity contribution in [1.29, 1.82) is 0 Å². The highest BCUT2D eigenvalue weighted by atomic mass is 16.5. The van der Waals surface area contributed by atoms with Gasteiger partial charge in [-0.05, 0) is 60.7 Å². The van der Waals surface area contributed by atoms with Crippen molar-refractivity contribution in [3.8, 4) is 45.9 Å². The molecule has 61 heavy (non-hydrogen) atoms. The number of para-hydroxylation sites is 2. The standard InChI is InChI=1S/C26H18N4O.C25H16N4O/c1-31-21-11-5-10-20-25(21)29-26(19-7-3-2-4-8-19)30(20)22-15-14-18-13-12-17-9-6-16-27-23(17)24(18)28-22;30-20-10-4-9-19-24(20)28-25(18-6-2-1-3-7-18)29(19)21-14-13-17-12-11-16-8-5-15-26-22(16)23(17)27-21/h2-16H,1H3;1-15,30H. The van der Waals surface area contributed by atoms with Gasteiger partial charge in [0.25, 0.3) is 0 Å². The summed E-state index contributed by atoms with van der Waals surface area (Å²) in [5.74, 6) is 3.96. The Morgan fingerprint density at radius 3 is 1.38 bits per heavy atom. The molecule has 0 bridgehead atoms. The number of aromatic hydroxyl groups is 1. The minimum atomic E-state index is 0.149. The summed E-state index contributed by atoms with van der Waals surface area (Å²) >= 11 is 0. The van der Waals surface area contributed by atoms with E-state index in [0.717, 1.165) is 100 Å². The lowest BCUT2D eigenvalue weighted by atomic mass is 10.1. The topological polar surface area (TPSA) is 117 Å². The van der Waals surface area contributed by atoms with Crippen molar-refractivity contribution >= 4 is 65.7 Å². The summed E-state index contributed by atoms with van der Waals surface area (Å²) < 4.78 is 9.67. The van der Waals surface area contributed by atoms with Gasteiger partial charge in [-0.3, -0.25) is 19.1 Å². The van der Waals surface area contributed by atoms with Crippen LogP contribution < -0.4 is 4.74 Å². The second-order valence-corrected chi connectivity index (χ2v) is 14.5. The zero-order valence-electron chi connectivity index (χ0n) is 32.8. The van der Waals surface area contributed by atoms with Crippen LogP contribution in [0.3, 0.4) is 0 Å². The number of methoxy groups -OCH3 is 1. The van der Waals surface area contributed by atoms with E-state index >= 15 is 0 Å². The maximum absolute atomic E-state index is 10.4. The molecule has 0 aliphatic rings. The van der Waals surface area contributed by atoms with Gasteiger partial charge in [-0.1, -0.05) is 109 Å². The van der Waals surface area contributed by atoms with Gasteiger partial charge in [0.05, 0.1) is 40.2 Å². The van der Waals surface area contributed by atoms with Crippen LogP contribution in [0.4, 0.5) is 0 Å². The Labute approximate surface area is 348 Å². The highest BCUT2D eigenvalue weighted by molar-refractivity contribution is 6.04. The highest BCUT2D eigenvalue weighted by Gasteiger charge is 2.20. The number of nitrogens with zero attached hydrogens (tertiary/aromatic N) is 8. The van der Waals surface area contributed by atoms with Crippen LogP contribution in [0.1, 0.15) is 0 Å². The minimum Gasteiger partial charge on any atom is -0.506 e. The summed E-state index contributed by atoms with van der Waals surface area (Å²) in [6.45, 7) is 0. The molecule has 10 nitrogen and oxygen atoms in total. The highest BCUT2D eigenvalue weighted by Crippen LogP contribution is 2.35. The number of fused-ring (bicyclic) bond motifs is 8. The summed E-state index contributed by atoms with van der Waals surface area (Å²) in [5.41, 5.74) is 8.54. The SMILES string of the molecule is COc1cccc2c1nc(-c1ccccc1)n2-c1ccc2ccc3cccnc3c2n1.Oc1cccc2c1nc(-c1ccccc1)n2-c1ccc2ccc3cccnc3c2n1. The lowest BCUT2D eigenvalue weighted by molar-refractivity contribution is 0.419. The van der Waals surface area contributed by atoms with Crippen molar-refractivity contribution in [2.24, 2.45) is 0 Å². The number of rotatable bonds is 5. The van der Waals surface area contributed by atoms with Gasteiger partial charge in [0, 0.05) is 45.1 Å². The molecule has 0 fully saturated rings. The van der Waals surface area contributed by atoms with Gasteiger partial charge in [-0.25, -0.2) is 19.9 Å². The molecule has 0 saturated carbocycles.